The van der Waals surface area contributed by atoms with Gasteiger partial charge in [0.15, 0.2) is 11.6 Å². The van der Waals surface area contributed by atoms with Gasteiger partial charge in [0, 0.05) is 35.4 Å². The molecule has 0 aliphatic heterocycles. The predicted octanol–water partition coefficient (Wildman–Crippen LogP) is 5.22. The summed E-state index contributed by atoms with van der Waals surface area (Å²) in [7, 11) is 0. The van der Waals surface area contributed by atoms with Crippen molar-refractivity contribution in [2.75, 3.05) is 0 Å². The number of Topliss-reactive ketones (excluding diaryl/α,β-unsaturated/α-hetero) is 1. The quantitative estimate of drug-likeness (QED) is 0.431. The summed E-state index contributed by atoms with van der Waals surface area (Å²) >= 11 is 0. The summed E-state index contributed by atoms with van der Waals surface area (Å²) in [6.45, 7) is 1.99. The van der Waals surface area contributed by atoms with Crippen LogP contribution in [0.1, 0.15) is 21.6 Å². The Morgan fingerprint density at radius 2 is 1.57 bits per heavy atom. The van der Waals surface area contributed by atoms with E-state index in [0.29, 0.717) is 11.5 Å². The monoisotopic (exact) mass is 401 g/mol. The molecule has 0 spiro atoms. The number of benzene rings is 2. The third kappa shape index (κ3) is 3.98. The Balaban J connectivity index is 1.59. The Morgan fingerprint density at radius 3 is 2.23 bits per heavy atom. The number of carbonyl (C=O) groups is 1. The number of carbonyl (C=O) groups excluding carboxylic acids is 1. The molecule has 0 N–H and O–H groups in total. The van der Waals surface area contributed by atoms with Gasteiger partial charge >= 0.3 is 0 Å². The van der Waals surface area contributed by atoms with Crippen LogP contribution >= 0.6 is 0 Å². The minimum atomic E-state index is -0.868. The maximum atomic E-state index is 13.8. The minimum absolute atomic E-state index is 0.186. The van der Waals surface area contributed by atoms with E-state index in [-0.39, 0.29) is 6.42 Å². The van der Waals surface area contributed by atoms with Crippen LogP contribution in [-0.2, 0) is 6.42 Å². The molecule has 4 nitrogen and oxygen atoms in total. The van der Waals surface area contributed by atoms with E-state index in [1.54, 1.807) is 30.7 Å². The Kier molecular flexibility index (Phi) is 5.39. The van der Waals surface area contributed by atoms with E-state index < -0.39 is 23.0 Å². The molecule has 148 valence electrons. The Bertz CT molecular complexity index is 1190. The summed E-state index contributed by atoms with van der Waals surface area (Å²) < 4.78 is 27.6. The second kappa shape index (κ2) is 8.29. The van der Waals surface area contributed by atoms with Crippen LogP contribution in [0.3, 0.4) is 0 Å². The van der Waals surface area contributed by atoms with Crippen LogP contribution < -0.4 is 0 Å². The first-order valence-electron chi connectivity index (χ1n) is 9.33. The zero-order valence-corrected chi connectivity index (χ0v) is 16.1. The molecule has 0 saturated heterocycles. The average molecular weight is 401 g/mol. The first-order valence-corrected chi connectivity index (χ1v) is 9.33. The summed E-state index contributed by atoms with van der Waals surface area (Å²) in [6, 6.07) is 14.6. The van der Waals surface area contributed by atoms with Gasteiger partial charge in [0.2, 0.25) is 0 Å². The van der Waals surface area contributed by atoms with Gasteiger partial charge in [-0.05, 0) is 48.4 Å². The summed E-state index contributed by atoms with van der Waals surface area (Å²) in [6.07, 6.45) is 4.84. The van der Waals surface area contributed by atoms with Gasteiger partial charge in [0.05, 0.1) is 12.0 Å². The fraction of sp³-hybridized carbons (Fsp3) is 0.0833. The van der Waals surface area contributed by atoms with Crippen LogP contribution in [0, 0.1) is 18.6 Å². The van der Waals surface area contributed by atoms with E-state index >= 15 is 0 Å². The number of rotatable bonds is 5. The molecule has 2 aromatic carbocycles. The highest BCUT2D eigenvalue weighted by molar-refractivity contribution is 5.97. The molecule has 0 saturated carbocycles. The summed E-state index contributed by atoms with van der Waals surface area (Å²) in [5.41, 5.74) is 3.66. The van der Waals surface area contributed by atoms with Crippen LogP contribution in [-0.4, -0.2) is 20.7 Å². The number of hydrogen-bond acceptors (Lipinski definition) is 4. The van der Waals surface area contributed by atoms with Crippen molar-refractivity contribution in [2.45, 2.75) is 13.3 Å². The standard InChI is InChI=1S/C24H17F2N3O/c1-15-6-7-16(24-27-10-3-11-28-24)12-19(15)17-8-9-18(29-14-17)13-22(30)23-20(25)4-2-5-21(23)26/h2-12,14H,13H2,1H3. The van der Waals surface area contributed by atoms with E-state index in [0.717, 1.165) is 34.4 Å². The lowest BCUT2D eigenvalue weighted by Gasteiger charge is -2.09. The SMILES string of the molecule is Cc1ccc(-c2ncccn2)cc1-c1ccc(CC(=O)c2c(F)cccc2F)nc1. The van der Waals surface area contributed by atoms with Crippen molar-refractivity contribution >= 4 is 5.78 Å². The second-order valence-corrected chi connectivity index (χ2v) is 6.84. The fourth-order valence-corrected chi connectivity index (χ4v) is 3.23. The number of ketones is 1. The van der Waals surface area contributed by atoms with Gasteiger partial charge in [-0.3, -0.25) is 9.78 Å². The maximum Gasteiger partial charge on any atom is 0.174 e. The van der Waals surface area contributed by atoms with Crippen LogP contribution in [0.25, 0.3) is 22.5 Å². The number of hydrogen-bond donors (Lipinski definition) is 0. The zero-order valence-electron chi connectivity index (χ0n) is 16.1. The van der Waals surface area contributed by atoms with E-state index in [1.807, 2.05) is 31.2 Å². The number of aryl methyl sites for hydroxylation is 1. The van der Waals surface area contributed by atoms with Crippen LogP contribution in [0.2, 0.25) is 0 Å². The molecule has 0 radical (unpaired) electrons. The highest BCUT2D eigenvalue weighted by Crippen LogP contribution is 2.27. The van der Waals surface area contributed by atoms with Crippen LogP contribution in [0.4, 0.5) is 8.78 Å². The van der Waals surface area contributed by atoms with Crippen LogP contribution in [0.5, 0.6) is 0 Å². The molecule has 6 heteroatoms. The number of nitrogens with zero attached hydrogens (tertiary/aromatic N) is 3. The van der Waals surface area contributed by atoms with E-state index in [2.05, 4.69) is 15.0 Å². The number of halogens is 2. The van der Waals surface area contributed by atoms with E-state index in [9.17, 15) is 13.6 Å². The number of aromatic nitrogens is 3. The van der Waals surface area contributed by atoms with Gasteiger partial charge in [0.25, 0.3) is 0 Å². The third-order valence-electron chi connectivity index (χ3n) is 4.78. The van der Waals surface area contributed by atoms with Crippen molar-refractivity contribution in [3.8, 4) is 22.5 Å². The zero-order chi connectivity index (χ0) is 21.1. The second-order valence-electron chi connectivity index (χ2n) is 6.84. The molecular formula is C24H17F2N3O. The molecule has 0 unspecified atom stereocenters. The highest BCUT2D eigenvalue weighted by Gasteiger charge is 2.18. The molecule has 0 aliphatic carbocycles. The molecule has 4 aromatic rings. The Labute approximate surface area is 172 Å². The predicted molar refractivity (Wildman–Crippen MR) is 110 cm³/mol. The number of pyridine rings is 1. The lowest BCUT2D eigenvalue weighted by Crippen LogP contribution is -2.10. The van der Waals surface area contributed by atoms with Crippen molar-refractivity contribution in [1.29, 1.82) is 0 Å². The van der Waals surface area contributed by atoms with Gasteiger partial charge in [-0.15, -0.1) is 0 Å². The minimum Gasteiger partial charge on any atom is -0.294 e. The molecule has 2 heterocycles. The van der Waals surface area contributed by atoms with Gasteiger partial charge < -0.3 is 0 Å². The van der Waals surface area contributed by atoms with Crippen molar-refractivity contribution in [2.24, 2.45) is 0 Å². The molecule has 0 aliphatic rings. The van der Waals surface area contributed by atoms with Gasteiger partial charge in [0.1, 0.15) is 11.6 Å². The highest BCUT2D eigenvalue weighted by atomic mass is 19.1. The molecule has 2 aromatic heterocycles. The molecular weight excluding hydrogens is 384 g/mol. The van der Waals surface area contributed by atoms with Crippen molar-refractivity contribution in [3.05, 3.63) is 102 Å². The van der Waals surface area contributed by atoms with Crippen molar-refractivity contribution in [3.63, 3.8) is 0 Å². The van der Waals surface area contributed by atoms with Gasteiger partial charge in [-0.1, -0.05) is 24.3 Å². The smallest absolute Gasteiger partial charge is 0.174 e. The molecule has 0 fully saturated rings. The average Bonchev–Trinajstić information content (AvgIpc) is 2.75. The van der Waals surface area contributed by atoms with E-state index in [4.69, 9.17) is 0 Å². The van der Waals surface area contributed by atoms with Crippen LogP contribution in [0.15, 0.2) is 73.2 Å². The Morgan fingerprint density at radius 1 is 0.867 bits per heavy atom. The molecule has 4 rings (SSSR count). The molecule has 0 bridgehead atoms. The fourth-order valence-electron chi connectivity index (χ4n) is 3.23. The van der Waals surface area contributed by atoms with Gasteiger partial charge in [-0.25, -0.2) is 18.7 Å². The largest absolute Gasteiger partial charge is 0.294 e. The maximum absolute atomic E-state index is 13.8. The Hall–Kier alpha value is -3.80. The topological polar surface area (TPSA) is 55.7 Å². The molecule has 0 atom stereocenters. The van der Waals surface area contributed by atoms with Gasteiger partial charge in [-0.2, -0.15) is 0 Å². The first-order chi connectivity index (χ1) is 14.5. The summed E-state index contributed by atoms with van der Waals surface area (Å²) in [5, 5.41) is 0. The summed E-state index contributed by atoms with van der Waals surface area (Å²) in [4.78, 5) is 25.2. The summed E-state index contributed by atoms with van der Waals surface area (Å²) in [5.74, 6) is -1.76. The van der Waals surface area contributed by atoms with E-state index in [1.165, 1.54) is 6.07 Å². The van der Waals surface area contributed by atoms with Crippen molar-refractivity contribution in [1.82, 2.24) is 15.0 Å². The normalized spacial score (nSPS) is 10.8. The third-order valence-corrected chi connectivity index (χ3v) is 4.78. The molecule has 30 heavy (non-hydrogen) atoms. The lowest BCUT2D eigenvalue weighted by molar-refractivity contribution is 0.0984. The lowest BCUT2D eigenvalue weighted by atomic mass is 9.98. The van der Waals surface area contributed by atoms with Crippen molar-refractivity contribution < 1.29 is 13.6 Å². The first kappa shape index (κ1) is 19.5. The molecule has 0 amide bonds.